The van der Waals surface area contributed by atoms with Gasteiger partial charge >= 0.3 is 6.18 Å². The predicted molar refractivity (Wildman–Crippen MR) is 73.4 cm³/mol. The molecule has 0 saturated carbocycles. The molecule has 1 heterocycles. The van der Waals surface area contributed by atoms with Crippen molar-refractivity contribution in [3.05, 3.63) is 0 Å². The Kier molecular flexibility index (Phi) is 5.35. The number of nitrogens with zero attached hydrogens (tertiary/aromatic N) is 1. The molecule has 0 radical (unpaired) electrons. The van der Waals surface area contributed by atoms with Crippen molar-refractivity contribution in [3.63, 3.8) is 0 Å². The lowest BCUT2D eigenvalue weighted by Gasteiger charge is -2.41. The van der Waals surface area contributed by atoms with E-state index in [1.54, 1.807) is 0 Å². The first-order valence-corrected chi connectivity index (χ1v) is 7.69. The lowest BCUT2D eigenvalue weighted by Crippen LogP contribution is -2.54. The summed E-state index contributed by atoms with van der Waals surface area (Å²) < 4.78 is 38.1. The highest BCUT2D eigenvalue weighted by Gasteiger charge is 2.54. The van der Waals surface area contributed by atoms with Gasteiger partial charge in [-0.1, -0.05) is 36.7 Å². The van der Waals surface area contributed by atoms with Gasteiger partial charge in [0.15, 0.2) is 5.60 Å². The molecule has 0 aromatic heterocycles. The largest absolute Gasteiger partial charge is 0.417 e. The van der Waals surface area contributed by atoms with Crippen LogP contribution in [0.1, 0.15) is 33.6 Å². The summed E-state index contributed by atoms with van der Waals surface area (Å²) in [4.78, 5) is 2.03. The van der Waals surface area contributed by atoms with Crippen LogP contribution in [0.2, 0.25) is 0 Å². The number of hydrogen-bond acceptors (Lipinski definition) is 2. The van der Waals surface area contributed by atoms with Crippen LogP contribution < -0.4 is 0 Å². The molecule has 1 atom stereocenters. The van der Waals surface area contributed by atoms with Crippen LogP contribution in [0.25, 0.3) is 0 Å². The molecule has 19 heavy (non-hydrogen) atoms. The fraction of sp³-hybridized carbons (Fsp3) is 1.00. The summed E-state index contributed by atoms with van der Waals surface area (Å²) in [6.45, 7) is 7.77. The molecule has 1 aliphatic heterocycles. The van der Waals surface area contributed by atoms with E-state index in [1.165, 1.54) is 0 Å². The van der Waals surface area contributed by atoms with E-state index in [-0.39, 0.29) is 18.3 Å². The molecular weight excluding hydrogens is 323 g/mol. The SMILES string of the molecule is CC(C)(C)C(CBr)CN1CCC(O)(C(F)(F)F)CC1. The summed E-state index contributed by atoms with van der Waals surface area (Å²) in [5.74, 6) is 0.379. The first kappa shape index (κ1) is 17.2. The van der Waals surface area contributed by atoms with E-state index >= 15 is 0 Å². The first-order valence-electron chi connectivity index (χ1n) is 6.57. The Hall–Kier alpha value is 0.190. The average Bonchev–Trinajstić information content (AvgIpc) is 2.25. The second kappa shape index (κ2) is 5.90. The number of alkyl halides is 4. The molecule has 0 amide bonds. The Balaban J connectivity index is 2.55. The number of aliphatic hydroxyl groups is 1. The van der Waals surface area contributed by atoms with Gasteiger partial charge in [-0.05, 0) is 24.2 Å². The van der Waals surface area contributed by atoms with Crippen LogP contribution >= 0.6 is 15.9 Å². The number of likely N-dealkylation sites (tertiary alicyclic amines) is 1. The molecule has 1 aliphatic rings. The van der Waals surface area contributed by atoms with Gasteiger partial charge < -0.3 is 10.0 Å². The third-order valence-corrected chi connectivity index (χ3v) is 4.88. The van der Waals surface area contributed by atoms with Crippen LogP contribution in [-0.2, 0) is 0 Å². The molecule has 0 spiro atoms. The van der Waals surface area contributed by atoms with Crippen LogP contribution in [0.4, 0.5) is 13.2 Å². The van der Waals surface area contributed by atoms with Gasteiger partial charge in [-0.3, -0.25) is 0 Å². The minimum absolute atomic E-state index is 0.112. The van der Waals surface area contributed by atoms with Crippen molar-refractivity contribution in [1.82, 2.24) is 4.90 Å². The highest BCUT2D eigenvalue weighted by atomic mass is 79.9. The normalized spacial score (nSPS) is 23.4. The summed E-state index contributed by atoms with van der Waals surface area (Å²) in [5.41, 5.74) is -2.38. The van der Waals surface area contributed by atoms with Crippen molar-refractivity contribution in [1.29, 1.82) is 0 Å². The summed E-state index contributed by atoms with van der Waals surface area (Å²) in [5, 5.41) is 10.4. The maximum Gasteiger partial charge on any atom is 0.417 e. The number of rotatable bonds is 3. The third-order valence-electron chi connectivity index (χ3n) is 4.10. The summed E-state index contributed by atoms with van der Waals surface area (Å²) in [6.07, 6.45) is -4.97. The van der Waals surface area contributed by atoms with Crippen LogP contribution in [-0.4, -0.2) is 46.7 Å². The summed E-state index contributed by atoms with van der Waals surface area (Å²) >= 11 is 3.48. The standard InChI is InChI=1S/C13H23BrF3NO/c1-11(2,3)10(8-14)9-18-6-4-12(19,5-7-18)13(15,16)17/h10,19H,4-9H2,1-3H3. The second-order valence-electron chi connectivity index (χ2n) is 6.55. The Morgan fingerprint density at radius 1 is 1.21 bits per heavy atom. The van der Waals surface area contributed by atoms with E-state index < -0.39 is 11.8 Å². The topological polar surface area (TPSA) is 23.5 Å². The molecule has 0 aromatic carbocycles. The van der Waals surface area contributed by atoms with Crippen molar-refractivity contribution < 1.29 is 18.3 Å². The minimum Gasteiger partial charge on any atom is -0.380 e. The van der Waals surface area contributed by atoms with Crippen molar-refractivity contribution >= 4 is 15.9 Å². The Labute approximate surface area is 121 Å². The fourth-order valence-corrected chi connectivity index (χ4v) is 3.43. The summed E-state index contributed by atoms with van der Waals surface area (Å²) in [6, 6.07) is 0. The van der Waals surface area contributed by atoms with Gasteiger partial charge in [0.25, 0.3) is 0 Å². The monoisotopic (exact) mass is 345 g/mol. The van der Waals surface area contributed by atoms with E-state index in [0.717, 1.165) is 11.9 Å². The van der Waals surface area contributed by atoms with Crippen LogP contribution in [0.15, 0.2) is 0 Å². The average molecular weight is 346 g/mol. The van der Waals surface area contributed by atoms with Gasteiger partial charge in [0.1, 0.15) is 0 Å². The number of halogens is 4. The van der Waals surface area contributed by atoms with Crippen molar-refractivity contribution in [2.24, 2.45) is 11.3 Å². The van der Waals surface area contributed by atoms with Crippen LogP contribution in [0, 0.1) is 11.3 Å². The van der Waals surface area contributed by atoms with E-state index in [4.69, 9.17) is 0 Å². The highest BCUT2D eigenvalue weighted by Crippen LogP contribution is 2.39. The van der Waals surface area contributed by atoms with Crippen LogP contribution in [0.3, 0.4) is 0 Å². The summed E-state index contributed by atoms with van der Waals surface area (Å²) in [7, 11) is 0. The molecule has 0 bridgehead atoms. The second-order valence-corrected chi connectivity index (χ2v) is 7.19. The van der Waals surface area contributed by atoms with Crippen molar-refractivity contribution in [2.45, 2.75) is 45.4 Å². The van der Waals surface area contributed by atoms with Crippen LogP contribution in [0.5, 0.6) is 0 Å². The Morgan fingerprint density at radius 2 is 1.68 bits per heavy atom. The maximum atomic E-state index is 12.7. The molecule has 2 nitrogen and oxygen atoms in total. The molecule has 1 saturated heterocycles. The van der Waals surface area contributed by atoms with Gasteiger partial charge in [0, 0.05) is 25.0 Å². The van der Waals surface area contributed by atoms with E-state index in [1.807, 2.05) is 4.90 Å². The van der Waals surface area contributed by atoms with E-state index in [9.17, 15) is 18.3 Å². The third kappa shape index (κ3) is 4.33. The van der Waals surface area contributed by atoms with Gasteiger partial charge in [-0.25, -0.2) is 0 Å². The number of hydrogen-bond donors (Lipinski definition) is 1. The van der Waals surface area contributed by atoms with E-state index in [2.05, 4.69) is 36.7 Å². The van der Waals surface area contributed by atoms with Crippen molar-refractivity contribution in [3.8, 4) is 0 Å². The fourth-order valence-electron chi connectivity index (χ4n) is 2.25. The maximum absolute atomic E-state index is 12.7. The Bertz CT molecular complexity index is 293. The molecule has 0 aliphatic carbocycles. The van der Waals surface area contributed by atoms with Gasteiger partial charge in [0.05, 0.1) is 0 Å². The van der Waals surface area contributed by atoms with Gasteiger partial charge in [-0.2, -0.15) is 13.2 Å². The molecule has 1 fully saturated rings. The first-order chi connectivity index (χ1) is 8.49. The zero-order valence-corrected chi connectivity index (χ0v) is 13.3. The number of piperidine rings is 1. The molecule has 1 rings (SSSR count). The lowest BCUT2D eigenvalue weighted by atomic mass is 9.81. The molecule has 1 unspecified atom stereocenters. The molecule has 0 aromatic rings. The quantitative estimate of drug-likeness (QED) is 0.792. The molecule has 1 N–H and O–H groups in total. The van der Waals surface area contributed by atoms with Crippen molar-refractivity contribution in [2.75, 3.05) is 25.0 Å². The zero-order chi connectivity index (χ0) is 14.9. The molecule has 114 valence electrons. The lowest BCUT2D eigenvalue weighted by molar-refractivity contribution is -0.272. The smallest absolute Gasteiger partial charge is 0.380 e. The minimum atomic E-state index is -4.52. The Morgan fingerprint density at radius 3 is 2.00 bits per heavy atom. The highest BCUT2D eigenvalue weighted by molar-refractivity contribution is 9.09. The van der Waals surface area contributed by atoms with Gasteiger partial charge in [-0.15, -0.1) is 0 Å². The molecular formula is C13H23BrF3NO. The van der Waals surface area contributed by atoms with Gasteiger partial charge in [0.2, 0.25) is 0 Å². The predicted octanol–water partition coefficient (Wildman–Crippen LogP) is 3.43. The van der Waals surface area contributed by atoms with E-state index in [0.29, 0.717) is 19.0 Å². The zero-order valence-electron chi connectivity index (χ0n) is 11.7. The molecule has 6 heteroatoms.